The fourth-order valence-corrected chi connectivity index (χ4v) is 2.01. The number of nitrogens with zero attached hydrogens (tertiary/aromatic N) is 3. The van der Waals surface area contributed by atoms with E-state index in [-0.39, 0.29) is 12.0 Å². The zero-order chi connectivity index (χ0) is 14.8. The van der Waals surface area contributed by atoms with Gasteiger partial charge >= 0.3 is 0 Å². The number of hydrogen-bond acceptors (Lipinski definition) is 3. The van der Waals surface area contributed by atoms with Crippen molar-refractivity contribution in [2.75, 3.05) is 6.61 Å². The first-order valence-corrected chi connectivity index (χ1v) is 7.07. The van der Waals surface area contributed by atoms with Gasteiger partial charge in [-0.2, -0.15) is 5.10 Å². The molecular formula is C15H20ClN3O. The summed E-state index contributed by atoms with van der Waals surface area (Å²) in [5.74, 6) is 1.67. The summed E-state index contributed by atoms with van der Waals surface area (Å²) in [6.07, 6.45) is 0.681. The number of rotatable bonds is 4. The highest BCUT2D eigenvalue weighted by atomic mass is 35.5. The van der Waals surface area contributed by atoms with Crippen LogP contribution >= 0.6 is 11.6 Å². The van der Waals surface area contributed by atoms with Gasteiger partial charge in [-0.1, -0.05) is 44.5 Å². The maximum absolute atomic E-state index is 9.15. The number of benzene rings is 1. The van der Waals surface area contributed by atoms with E-state index in [2.05, 4.69) is 30.9 Å². The molecule has 0 atom stereocenters. The topological polar surface area (TPSA) is 50.9 Å². The molecule has 2 rings (SSSR count). The number of aromatic nitrogens is 3. The zero-order valence-electron chi connectivity index (χ0n) is 12.1. The normalized spacial score (nSPS) is 11.8. The number of aliphatic hydroxyl groups is 1. The molecule has 0 unspecified atom stereocenters. The highest BCUT2D eigenvalue weighted by Crippen LogP contribution is 2.20. The summed E-state index contributed by atoms with van der Waals surface area (Å²) < 4.78 is 1.79. The van der Waals surface area contributed by atoms with Crippen molar-refractivity contribution in [2.45, 2.75) is 39.2 Å². The summed E-state index contributed by atoms with van der Waals surface area (Å²) in [6, 6.07) is 7.71. The Morgan fingerprint density at radius 2 is 1.85 bits per heavy atom. The summed E-state index contributed by atoms with van der Waals surface area (Å²) in [7, 11) is 0. The third-order valence-electron chi connectivity index (χ3n) is 3.01. The highest BCUT2D eigenvalue weighted by Gasteiger charge is 2.21. The Labute approximate surface area is 124 Å². The lowest BCUT2D eigenvalue weighted by molar-refractivity contribution is 0.266. The van der Waals surface area contributed by atoms with Crippen molar-refractivity contribution in [3.05, 3.63) is 46.5 Å². The lowest BCUT2D eigenvalue weighted by Gasteiger charge is -2.12. The minimum atomic E-state index is -0.102. The Bertz CT molecular complexity index is 570. The predicted molar refractivity (Wildman–Crippen MR) is 80.1 cm³/mol. The standard InChI is InChI=1S/C15H20ClN3O/c1-15(2,3)14-17-13(19(18-14)8-9-20)10-11-4-6-12(16)7-5-11/h4-7,20H,8-10H2,1-3H3. The maximum Gasteiger partial charge on any atom is 0.156 e. The second-order valence-corrected chi connectivity index (χ2v) is 6.29. The average molecular weight is 294 g/mol. The maximum atomic E-state index is 9.15. The summed E-state index contributed by atoms with van der Waals surface area (Å²) in [6.45, 7) is 6.76. The molecule has 0 saturated carbocycles. The van der Waals surface area contributed by atoms with Crippen molar-refractivity contribution in [3.8, 4) is 0 Å². The smallest absolute Gasteiger partial charge is 0.156 e. The van der Waals surface area contributed by atoms with Gasteiger partial charge in [0.15, 0.2) is 5.82 Å². The largest absolute Gasteiger partial charge is 0.394 e. The molecule has 0 spiro atoms. The molecular weight excluding hydrogens is 274 g/mol. The van der Waals surface area contributed by atoms with Gasteiger partial charge < -0.3 is 5.11 Å². The molecule has 0 aliphatic rings. The Hall–Kier alpha value is -1.39. The molecule has 1 heterocycles. The van der Waals surface area contributed by atoms with Crippen LogP contribution in [0.15, 0.2) is 24.3 Å². The summed E-state index contributed by atoms with van der Waals surface area (Å²) in [4.78, 5) is 4.63. The van der Waals surface area contributed by atoms with Crippen LogP contribution in [0.1, 0.15) is 38.0 Å². The van der Waals surface area contributed by atoms with Crippen molar-refractivity contribution < 1.29 is 5.11 Å². The van der Waals surface area contributed by atoms with E-state index in [1.54, 1.807) is 4.68 Å². The van der Waals surface area contributed by atoms with Crippen LogP contribution in [0.5, 0.6) is 0 Å². The van der Waals surface area contributed by atoms with Crippen LogP contribution < -0.4 is 0 Å². The average Bonchev–Trinajstić information content (AvgIpc) is 2.76. The van der Waals surface area contributed by atoms with Crippen molar-refractivity contribution in [3.63, 3.8) is 0 Å². The van der Waals surface area contributed by atoms with E-state index >= 15 is 0 Å². The molecule has 0 aliphatic heterocycles. The van der Waals surface area contributed by atoms with Gasteiger partial charge in [-0.15, -0.1) is 0 Å². The number of hydrogen-bond donors (Lipinski definition) is 1. The lowest BCUT2D eigenvalue weighted by Crippen LogP contribution is -2.14. The Morgan fingerprint density at radius 3 is 2.40 bits per heavy atom. The molecule has 0 radical (unpaired) electrons. The molecule has 0 aliphatic carbocycles. The van der Waals surface area contributed by atoms with E-state index in [9.17, 15) is 0 Å². The monoisotopic (exact) mass is 293 g/mol. The van der Waals surface area contributed by atoms with E-state index in [4.69, 9.17) is 16.7 Å². The Kier molecular flexibility index (Phi) is 4.45. The third-order valence-corrected chi connectivity index (χ3v) is 3.26. The molecule has 0 bridgehead atoms. The van der Waals surface area contributed by atoms with E-state index in [1.165, 1.54) is 0 Å². The molecule has 0 amide bonds. The van der Waals surface area contributed by atoms with Gasteiger partial charge in [0.2, 0.25) is 0 Å². The molecule has 2 aromatic rings. The van der Waals surface area contributed by atoms with Gasteiger partial charge in [-0.3, -0.25) is 0 Å². The lowest BCUT2D eigenvalue weighted by atomic mass is 9.96. The summed E-state index contributed by atoms with van der Waals surface area (Å²) >= 11 is 5.89. The van der Waals surface area contributed by atoms with Crippen LogP contribution in [0.4, 0.5) is 0 Å². The number of aliphatic hydroxyl groups excluding tert-OH is 1. The van der Waals surface area contributed by atoms with Gasteiger partial charge in [-0.25, -0.2) is 9.67 Å². The van der Waals surface area contributed by atoms with Crippen LogP contribution in [-0.4, -0.2) is 26.5 Å². The van der Waals surface area contributed by atoms with E-state index in [0.717, 1.165) is 22.2 Å². The zero-order valence-corrected chi connectivity index (χ0v) is 12.9. The van der Waals surface area contributed by atoms with Gasteiger partial charge in [0.05, 0.1) is 13.2 Å². The molecule has 108 valence electrons. The molecule has 0 fully saturated rings. The van der Waals surface area contributed by atoms with E-state index < -0.39 is 0 Å². The van der Waals surface area contributed by atoms with Gasteiger partial charge in [0.25, 0.3) is 0 Å². The second-order valence-electron chi connectivity index (χ2n) is 5.85. The Morgan fingerprint density at radius 1 is 1.20 bits per heavy atom. The van der Waals surface area contributed by atoms with Crippen LogP contribution in [0.3, 0.4) is 0 Å². The van der Waals surface area contributed by atoms with E-state index in [0.29, 0.717) is 13.0 Å². The fraction of sp³-hybridized carbons (Fsp3) is 0.467. The van der Waals surface area contributed by atoms with Crippen molar-refractivity contribution in [1.82, 2.24) is 14.8 Å². The van der Waals surface area contributed by atoms with Crippen molar-refractivity contribution >= 4 is 11.6 Å². The molecule has 20 heavy (non-hydrogen) atoms. The van der Waals surface area contributed by atoms with Gasteiger partial charge in [0, 0.05) is 16.9 Å². The fourth-order valence-electron chi connectivity index (χ4n) is 1.88. The number of halogens is 1. The Balaban J connectivity index is 2.29. The molecule has 4 nitrogen and oxygen atoms in total. The van der Waals surface area contributed by atoms with Gasteiger partial charge in [0.1, 0.15) is 5.82 Å². The molecule has 0 saturated heterocycles. The van der Waals surface area contributed by atoms with Crippen LogP contribution in [0, 0.1) is 0 Å². The quantitative estimate of drug-likeness (QED) is 0.943. The summed E-state index contributed by atoms with van der Waals surface area (Å²) in [5, 5.41) is 14.4. The van der Waals surface area contributed by atoms with Crippen LogP contribution in [0.2, 0.25) is 5.02 Å². The minimum Gasteiger partial charge on any atom is -0.394 e. The molecule has 5 heteroatoms. The van der Waals surface area contributed by atoms with Crippen molar-refractivity contribution in [1.29, 1.82) is 0 Å². The molecule has 1 N–H and O–H groups in total. The first-order valence-electron chi connectivity index (χ1n) is 6.69. The minimum absolute atomic E-state index is 0.0561. The van der Waals surface area contributed by atoms with Crippen LogP contribution in [-0.2, 0) is 18.4 Å². The second kappa shape index (κ2) is 5.94. The first kappa shape index (κ1) is 15.0. The van der Waals surface area contributed by atoms with Crippen molar-refractivity contribution in [2.24, 2.45) is 0 Å². The first-order chi connectivity index (χ1) is 9.40. The molecule has 1 aromatic heterocycles. The van der Waals surface area contributed by atoms with Crippen LogP contribution in [0.25, 0.3) is 0 Å². The predicted octanol–water partition coefficient (Wildman–Crippen LogP) is 2.81. The highest BCUT2D eigenvalue weighted by molar-refractivity contribution is 6.30. The summed E-state index contributed by atoms with van der Waals surface area (Å²) in [5.41, 5.74) is 1.02. The molecule has 1 aromatic carbocycles. The van der Waals surface area contributed by atoms with E-state index in [1.807, 2.05) is 24.3 Å². The van der Waals surface area contributed by atoms with Gasteiger partial charge in [-0.05, 0) is 17.7 Å². The third kappa shape index (κ3) is 3.58. The SMILES string of the molecule is CC(C)(C)c1nc(Cc2ccc(Cl)cc2)n(CCO)n1.